The molecule has 0 heterocycles. The van der Waals surface area contributed by atoms with Crippen LogP contribution in [-0.4, -0.2) is 60.1 Å². The van der Waals surface area contributed by atoms with E-state index in [0.29, 0.717) is 12.4 Å². The van der Waals surface area contributed by atoms with Crippen molar-refractivity contribution in [1.82, 2.24) is 0 Å². The molecule has 280 valence electrons. The topological polar surface area (TPSA) is 61.8 Å². The molecule has 0 aromatic heterocycles. The fourth-order valence-corrected chi connectivity index (χ4v) is 4.80. The SMILES string of the molecule is CCCCOc1ccc(OC(=O)c2ccc(OC(=O)c3ccc(SCCC(F)(F)C(F)(F)C(F)(F)C(F)(F)C(F)(F)C(F)(F)F)cc3)cc2)cc1. The van der Waals surface area contributed by atoms with Crippen LogP contribution < -0.4 is 14.2 Å². The molecular formula is C32H25F13O5S. The summed E-state index contributed by atoms with van der Waals surface area (Å²) in [7, 11) is 0. The second-order valence-electron chi connectivity index (χ2n) is 10.6. The number of carbonyl (C=O) groups excluding carboxylic acids is 2. The van der Waals surface area contributed by atoms with E-state index in [1.807, 2.05) is 6.92 Å². The number of unbranched alkanes of at least 4 members (excludes halogenated alkanes) is 1. The summed E-state index contributed by atoms with van der Waals surface area (Å²) >= 11 is 0.249. The Bertz CT molecular complexity index is 1630. The summed E-state index contributed by atoms with van der Waals surface area (Å²) in [6.45, 7) is 2.55. The molecule has 0 spiro atoms. The highest BCUT2D eigenvalue weighted by Crippen LogP contribution is 2.60. The monoisotopic (exact) mass is 768 g/mol. The van der Waals surface area contributed by atoms with Crippen LogP contribution in [-0.2, 0) is 0 Å². The highest BCUT2D eigenvalue weighted by Gasteiger charge is 2.90. The van der Waals surface area contributed by atoms with E-state index in [9.17, 15) is 66.7 Å². The van der Waals surface area contributed by atoms with Gasteiger partial charge in [-0.1, -0.05) is 13.3 Å². The van der Waals surface area contributed by atoms with Crippen LogP contribution in [0.3, 0.4) is 0 Å². The molecule has 0 amide bonds. The third-order valence-corrected chi connectivity index (χ3v) is 7.89. The first-order valence-electron chi connectivity index (χ1n) is 14.4. The molecule has 51 heavy (non-hydrogen) atoms. The van der Waals surface area contributed by atoms with Crippen LogP contribution in [0.25, 0.3) is 0 Å². The summed E-state index contributed by atoms with van der Waals surface area (Å²) < 4.78 is 189. The summed E-state index contributed by atoms with van der Waals surface area (Å²) in [5, 5.41) is 0. The lowest BCUT2D eigenvalue weighted by Gasteiger charge is -2.39. The molecule has 0 saturated heterocycles. The van der Waals surface area contributed by atoms with Gasteiger partial charge in [0.15, 0.2) is 0 Å². The number of thioether (sulfide) groups is 1. The predicted molar refractivity (Wildman–Crippen MR) is 156 cm³/mol. The van der Waals surface area contributed by atoms with E-state index >= 15 is 0 Å². The Labute approximate surface area is 285 Å². The van der Waals surface area contributed by atoms with E-state index in [-0.39, 0.29) is 39.3 Å². The molecule has 0 N–H and O–H groups in total. The van der Waals surface area contributed by atoms with Crippen molar-refractivity contribution in [2.24, 2.45) is 0 Å². The Morgan fingerprint density at radius 3 is 1.43 bits per heavy atom. The standard InChI is InChI=1S/C32H25F13O5S/c1-2-3-17-48-21-10-12-23(13-11-21)50-25(46)19-4-8-22(9-5-19)49-26(47)20-6-14-24(15-7-20)51-18-16-27(33,34)28(35,36)29(37,38)30(39,40)31(41,42)32(43,44)45/h4-15H,2-3,16-18H2,1H3. The number of hydrogen-bond acceptors (Lipinski definition) is 6. The molecule has 0 atom stereocenters. The molecule has 0 saturated carbocycles. The van der Waals surface area contributed by atoms with Crippen LogP contribution in [0.2, 0.25) is 0 Å². The number of ether oxygens (including phenoxy) is 3. The van der Waals surface area contributed by atoms with E-state index in [0.717, 1.165) is 37.1 Å². The fourth-order valence-electron chi connectivity index (χ4n) is 3.87. The molecular weight excluding hydrogens is 743 g/mol. The van der Waals surface area contributed by atoms with Gasteiger partial charge in [-0.3, -0.25) is 0 Å². The minimum Gasteiger partial charge on any atom is -0.494 e. The number of esters is 2. The van der Waals surface area contributed by atoms with Gasteiger partial charge in [-0.2, -0.15) is 57.1 Å². The second-order valence-corrected chi connectivity index (χ2v) is 11.8. The third-order valence-electron chi connectivity index (χ3n) is 6.87. The van der Waals surface area contributed by atoms with Crippen molar-refractivity contribution in [3.8, 4) is 17.2 Å². The van der Waals surface area contributed by atoms with E-state index in [4.69, 9.17) is 14.2 Å². The number of carbonyl (C=O) groups is 2. The number of alkyl halides is 13. The molecule has 0 aliphatic rings. The molecule has 3 aromatic rings. The summed E-state index contributed by atoms with van der Waals surface area (Å²) in [5.41, 5.74) is -0.0475. The van der Waals surface area contributed by atoms with Crippen LogP contribution >= 0.6 is 11.8 Å². The smallest absolute Gasteiger partial charge is 0.460 e. The molecule has 3 rings (SSSR count). The van der Waals surface area contributed by atoms with Crippen molar-refractivity contribution in [1.29, 1.82) is 0 Å². The zero-order valence-electron chi connectivity index (χ0n) is 25.8. The van der Waals surface area contributed by atoms with Crippen LogP contribution in [0, 0.1) is 0 Å². The van der Waals surface area contributed by atoms with Crippen LogP contribution in [0.4, 0.5) is 57.1 Å². The molecule has 0 unspecified atom stereocenters. The minimum absolute atomic E-state index is 0.0258. The van der Waals surface area contributed by atoms with E-state index in [1.54, 1.807) is 12.1 Å². The molecule has 0 aliphatic carbocycles. The normalized spacial score (nSPS) is 13.1. The fraction of sp³-hybridized carbons (Fsp3) is 0.375. The van der Waals surface area contributed by atoms with Gasteiger partial charge in [0.05, 0.1) is 17.7 Å². The van der Waals surface area contributed by atoms with Gasteiger partial charge in [-0.25, -0.2) is 9.59 Å². The lowest BCUT2D eigenvalue weighted by molar-refractivity contribution is -0.439. The molecule has 0 fully saturated rings. The van der Waals surface area contributed by atoms with Crippen LogP contribution in [0.5, 0.6) is 17.2 Å². The van der Waals surface area contributed by atoms with E-state index in [1.165, 1.54) is 36.4 Å². The predicted octanol–water partition coefficient (Wildman–Crippen LogP) is 10.5. The average molecular weight is 769 g/mol. The van der Waals surface area contributed by atoms with Crippen molar-refractivity contribution < 1.29 is 80.9 Å². The maximum absolute atomic E-state index is 14.0. The first kappa shape index (κ1) is 41.3. The van der Waals surface area contributed by atoms with Crippen molar-refractivity contribution in [2.75, 3.05) is 12.4 Å². The quantitative estimate of drug-likeness (QED) is 0.0476. The average Bonchev–Trinajstić information content (AvgIpc) is 3.05. The summed E-state index contributed by atoms with van der Waals surface area (Å²) in [6.07, 6.45) is -8.00. The summed E-state index contributed by atoms with van der Waals surface area (Å²) in [4.78, 5) is 24.9. The van der Waals surface area contributed by atoms with E-state index in [2.05, 4.69) is 0 Å². The molecule has 0 radical (unpaired) electrons. The Hall–Kier alpha value is -4.16. The van der Waals surface area contributed by atoms with Gasteiger partial charge < -0.3 is 14.2 Å². The van der Waals surface area contributed by atoms with Gasteiger partial charge >= 0.3 is 47.7 Å². The highest BCUT2D eigenvalue weighted by molar-refractivity contribution is 7.99. The largest absolute Gasteiger partial charge is 0.494 e. The van der Waals surface area contributed by atoms with Gasteiger partial charge in [0, 0.05) is 17.1 Å². The van der Waals surface area contributed by atoms with Gasteiger partial charge in [0.2, 0.25) is 0 Å². The molecule has 19 heteroatoms. The van der Waals surface area contributed by atoms with Crippen molar-refractivity contribution in [3.63, 3.8) is 0 Å². The summed E-state index contributed by atoms with van der Waals surface area (Å²) in [6, 6.07) is 15.7. The third kappa shape index (κ3) is 9.02. The van der Waals surface area contributed by atoms with Gasteiger partial charge in [0.25, 0.3) is 0 Å². The maximum Gasteiger partial charge on any atom is 0.460 e. The number of halogens is 13. The first-order valence-corrected chi connectivity index (χ1v) is 15.4. The van der Waals surface area contributed by atoms with Gasteiger partial charge in [-0.05, 0) is 79.2 Å². The van der Waals surface area contributed by atoms with Crippen molar-refractivity contribution in [3.05, 3.63) is 83.9 Å². The zero-order valence-corrected chi connectivity index (χ0v) is 26.6. The Balaban J connectivity index is 1.55. The van der Waals surface area contributed by atoms with Crippen molar-refractivity contribution >= 4 is 23.7 Å². The number of benzene rings is 3. The number of hydrogen-bond donors (Lipinski definition) is 0. The Morgan fingerprint density at radius 1 is 0.569 bits per heavy atom. The Kier molecular flexibility index (Phi) is 12.6. The van der Waals surface area contributed by atoms with Crippen LogP contribution in [0.1, 0.15) is 46.9 Å². The molecule has 0 aliphatic heterocycles. The van der Waals surface area contributed by atoms with E-state index < -0.39 is 59.9 Å². The number of rotatable bonds is 16. The van der Waals surface area contributed by atoms with Gasteiger partial charge in [0.1, 0.15) is 17.2 Å². The minimum atomic E-state index is -7.95. The molecule has 3 aromatic carbocycles. The first-order chi connectivity index (χ1) is 23.5. The zero-order chi connectivity index (χ0) is 38.5. The van der Waals surface area contributed by atoms with Gasteiger partial charge in [-0.15, -0.1) is 11.8 Å². The highest BCUT2D eigenvalue weighted by atomic mass is 32.2. The second kappa shape index (κ2) is 15.6. The molecule has 5 nitrogen and oxygen atoms in total. The lowest BCUT2D eigenvalue weighted by atomic mass is 9.93. The lowest BCUT2D eigenvalue weighted by Crippen LogP contribution is -2.70. The molecule has 0 bridgehead atoms. The van der Waals surface area contributed by atoms with Crippen molar-refractivity contribution in [2.45, 2.75) is 66.9 Å². The van der Waals surface area contributed by atoms with Crippen LogP contribution in [0.15, 0.2) is 77.7 Å². The maximum atomic E-state index is 14.0. The Morgan fingerprint density at radius 2 is 0.980 bits per heavy atom. The summed E-state index contributed by atoms with van der Waals surface area (Å²) in [5.74, 6) is -39.2.